The van der Waals surface area contributed by atoms with Crippen LogP contribution in [-0.2, 0) is 9.53 Å². The minimum atomic E-state index is -0.341. The van der Waals surface area contributed by atoms with E-state index >= 15 is 0 Å². The summed E-state index contributed by atoms with van der Waals surface area (Å²) in [5.74, 6) is -0.341. The second kappa shape index (κ2) is 8.85. The minimum absolute atomic E-state index is 0.218. The maximum atomic E-state index is 11.4. The Kier molecular flexibility index (Phi) is 7.03. The van der Waals surface area contributed by atoms with Gasteiger partial charge in [-0.05, 0) is 43.3 Å². The van der Waals surface area contributed by atoms with Crippen molar-refractivity contribution in [3.8, 4) is 0 Å². The summed E-state index contributed by atoms with van der Waals surface area (Å²) < 4.78 is 5.19. The molecule has 5 nitrogen and oxygen atoms in total. The third kappa shape index (κ3) is 5.65. The maximum Gasteiger partial charge on any atom is 0.333 e. The number of ether oxygens (including phenoxy) is 1. The van der Waals surface area contributed by atoms with Crippen molar-refractivity contribution in [3.05, 3.63) is 53.8 Å². The predicted molar refractivity (Wildman–Crippen MR) is 78.7 cm³/mol. The zero-order chi connectivity index (χ0) is 14.8. The Morgan fingerprint density at radius 2 is 2.15 bits per heavy atom. The van der Waals surface area contributed by atoms with Crippen LogP contribution in [0.1, 0.15) is 19.8 Å². The first kappa shape index (κ1) is 15.9. The summed E-state index contributed by atoms with van der Waals surface area (Å²) in [6.07, 6.45) is 12.2. The van der Waals surface area contributed by atoms with Crippen LogP contribution < -0.4 is 0 Å². The van der Waals surface area contributed by atoms with E-state index in [9.17, 15) is 9.70 Å². The number of allylic oxidation sites excluding steroid dienone is 4. The first-order valence-electron chi connectivity index (χ1n) is 6.56. The molecule has 1 aliphatic rings. The van der Waals surface area contributed by atoms with Crippen LogP contribution in [0.2, 0.25) is 0 Å². The van der Waals surface area contributed by atoms with Gasteiger partial charge in [0.25, 0.3) is 0 Å². The van der Waals surface area contributed by atoms with Gasteiger partial charge in [-0.25, -0.2) is 4.79 Å². The normalized spacial score (nSPS) is 19.2. The third-order valence-electron chi connectivity index (χ3n) is 2.94. The minimum Gasteiger partial charge on any atom is -0.460 e. The highest BCUT2D eigenvalue weighted by Gasteiger charge is 2.22. The van der Waals surface area contributed by atoms with Crippen LogP contribution in [0, 0.1) is 4.91 Å². The molecule has 1 unspecified atom stereocenters. The van der Waals surface area contributed by atoms with E-state index in [0.29, 0.717) is 12.2 Å². The van der Waals surface area contributed by atoms with E-state index in [0.717, 1.165) is 19.4 Å². The van der Waals surface area contributed by atoms with Crippen LogP contribution in [0.5, 0.6) is 0 Å². The van der Waals surface area contributed by atoms with Crippen LogP contribution in [-0.4, -0.2) is 30.1 Å². The molecule has 0 radical (unpaired) electrons. The number of nitrogens with zero attached hydrogens (tertiary/aromatic N) is 2. The molecule has 1 saturated heterocycles. The number of hydrogen-bond donors (Lipinski definition) is 0. The van der Waals surface area contributed by atoms with Gasteiger partial charge in [0.2, 0.25) is 0 Å². The van der Waals surface area contributed by atoms with E-state index in [1.54, 1.807) is 19.1 Å². The smallest absolute Gasteiger partial charge is 0.333 e. The second-order valence-corrected chi connectivity index (χ2v) is 4.59. The van der Waals surface area contributed by atoms with Crippen LogP contribution in [0.3, 0.4) is 0 Å². The van der Waals surface area contributed by atoms with Gasteiger partial charge in [-0.15, -0.1) is 4.91 Å². The summed E-state index contributed by atoms with van der Waals surface area (Å²) in [6, 6.07) is 0.218. The summed E-state index contributed by atoms with van der Waals surface area (Å²) >= 11 is 0. The molecule has 1 heterocycles. The van der Waals surface area contributed by atoms with Crippen LogP contribution in [0.15, 0.2) is 54.0 Å². The molecule has 0 amide bonds. The van der Waals surface area contributed by atoms with Crippen LogP contribution in [0.4, 0.5) is 0 Å². The van der Waals surface area contributed by atoms with Crippen LogP contribution in [0.25, 0.3) is 0 Å². The average Bonchev–Trinajstić information content (AvgIpc) is 2.87. The van der Waals surface area contributed by atoms with Gasteiger partial charge in [0, 0.05) is 12.1 Å². The number of nitroso groups, excluding NO2 is 1. The van der Waals surface area contributed by atoms with Gasteiger partial charge >= 0.3 is 5.97 Å². The van der Waals surface area contributed by atoms with E-state index in [-0.39, 0.29) is 12.0 Å². The lowest BCUT2D eigenvalue weighted by atomic mass is 10.2. The quantitative estimate of drug-likeness (QED) is 0.310. The molecular weight excluding hydrogens is 256 g/mol. The number of carbonyl (C=O) groups is 1. The van der Waals surface area contributed by atoms with Gasteiger partial charge in [-0.3, -0.25) is 0 Å². The zero-order valence-electron chi connectivity index (χ0n) is 11.7. The Morgan fingerprint density at radius 1 is 1.40 bits per heavy atom. The molecule has 0 aromatic heterocycles. The van der Waals surface area contributed by atoms with Crippen molar-refractivity contribution in [2.75, 3.05) is 13.2 Å². The molecule has 0 bridgehead atoms. The summed E-state index contributed by atoms with van der Waals surface area (Å²) in [5, 5.41) is 2.61. The Hall–Kier alpha value is -2.17. The fourth-order valence-corrected chi connectivity index (χ4v) is 1.90. The summed E-state index contributed by atoms with van der Waals surface area (Å²) in [4.78, 5) is 23.3. The molecule has 1 atom stereocenters. The Bertz CT molecular complexity index is 438. The predicted octanol–water partition coefficient (Wildman–Crippen LogP) is 2.92. The maximum absolute atomic E-state index is 11.4. The first-order chi connectivity index (χ1) is 9.65. The van der Waals surface area contributed by atoms with E-state index in [1.807, 2.05) is 18.4 Å². The molecule has 0 aliphatic carbocycles. The number of hydrogen-bond acceptors (Lipinski definition) is 5. The second-order valence-electron chi connectivity index (χ2n) is 4.59. The molecule has 1 fully saturated rings. The van der Waals surface area contributed by atoms with Crippen molar-refractivity contribution in [2.45, 2.75) is 25.8 Å². The van der Waals surface area contributed by atoms with Gasteiger partial charge in [0.05, 0.1) is 12.2 Å². The largest absolute Gasteiger partial charge is 0.460 e. The Labute approximate surface area is 119 Å². The fraction of sp³-hybridized carbons (Fsp3) is 0.400. The van der Waals surface area contributed by atoms with Gasteiger partial charge in [-0.1, -0.05) is 18.7 Å². The third-order valence-corrected chi connectivity index (χ3v) is 2.94. The van der Waals surface area contributed by atoms with Gasteiger partial charge in [-0.2, -0.15) is 0 Å². The van der Waals surface area contributed by atoms with Crippen LogP contribution >= 0.6 is 0 Å². The number of esters is 1. The average molecular weight is 276 g/mol. The molecule has 0 saturated carbocycles. The Balaban J connectivity index is 2.40. The molecule has 108 valence electrons. The van der Waals surface area contributed by atoms with Crippen molar-refractivity contribution in [1.82, 2.24) is 4.90 Å². The van der Waals surface area contributed by atoms with Crippen molar-refractivity contribution < 1.29 is 9.53 Å². The monoisotopic (exact) mass is 276 g/mol. The highest BCUT2D eigenvalue weighted by molar-refractivity contribution is 5.86. The van der Waals surface area contributed by atoms with Crippen molar-refractivity contribution in [2.24, 2.45) is 5.18 Å². The van der Waals surface area contributed by atoms with Gasteiger partial charge in [0.15, 0.2) is 0 Å². The first-order valence-corrected chi connectivity index (χ1v) is 6.56. The SMILES string of the molecule is C=C(C)C(=O)OCC1CCCN1/C=C/C=C/C=C/N=O. The standard InChI is InChI=1S/C15H20N2O3/c1-13(2)15(18)20-12-14-8-7-11-17(14)10-6-4-3-5-9-16-19/h3-6,9-10,14H,1,7-8,11-12H2,2H3/b4-3+,9-5+,10-6+. The van der Waals surface area contributed by atoms with E-state index in [2.05, 4.69) is 16.7 Å². The highest BCUT2D eigenvalue weighted by atomic mass is 16.5. The number of carbonyl (C=O) groups excluding carboxylic acids is 1. The lowest BCUT2D eigenvalue weighted by molar-refractivity contribution is -0.140. The highest BCUT2D eigenvalue weighted by Crippen LogP contribution is 2.18. The molecule has 20 heavy (non-hydrogen) atoms. The molecule has 0 aromatic rings. The lowest BCUT2D eigenvalue weighted by Crippen LogP contribution is -2.29. The lowest BCUT2D eigenvalue weighted by Gasteiger charge is -2.22. The molecule has 0 N–H and O–H groups in total. The molecule has 0 aromatic carbocycles. The number of rotatable bonds is 7. The summed E-state index contributed by atoms with van der Waals surface area (Å²) in [5.41, 5.74) is 0.420. The molecule has 1 aliphatic heterocycles. The van der Waals surface area contributed by atoms with E-state index in [1.165, 1.54) is 6.20 Å². The molecule has 1 rings (SSSR count). The molecule has 0 spiro atoms. The fourth-order valence-electron chi connectivity index (χ4n) is 1.90. The van der Waals surface area contributed by atoms with Crippen molar-refractivity contribution in [1.29, 1.82) is 0 Å². The van der Waals surface area contributed by atoms with Crippen molar-refractivity contribution in [3.63, 3.8) is 0 Å². The molecular formula is C15H20N2O3. The summed E-state index contributed by atoms with van der Waals surface area (Å²) in [7, 11) is 0. The molecule has 5 heteroatoms. The number of likely N-dealkylation sites (tertiary alicyclic amines) is 1. The Morgan fingerprint density at radius 3 is 2.85 bits per heavy atom. The van der Waals surface area contributed by atoms with E-state index < -0.39 is 0 Å². The summed E-state index contributed by atoms with van der Waals surface area (Å²) in [6.45, 7) is 6.53. The topological polar surface area (TPSA) is 59.0 Å². The van der Waals surface area contributed by atoms with Gasteiger partial charge in [0.1, 0.15) is 6.61 Å². The van der Waals surface area contributed by atoms with Crippen molar-refractivity contribution >= 4 is 5.97 Å². The van der Waals surface area contributed by atoms with Gasteiger partial charge < -0.3 is 9.64 Å². The zero-order valence-corrected chi connectivity index (χ0v) is 11.7. The van der Waals surface area contributed by atoms with E-state index in [4.69, 9.17) is 4.74 Å².